The molecule has 31 heavy (non-hydrogen) atoms. The van der Waals surface area contributed by atoms with Gasteiger partial charge in [0, 0.05) is 20.1 Å². The van der Waals surface area contributed by atoms with Crippen LogP contribution in [0.3, 0.4) is 0 Å². The van der Waals surface area contributed by atoms with Crippen molar-refractivity contribution in [1.29, 1.82) is 0 Å². The van der Waals surface area contributed by atoms with Crippen LogP contribution in [0.15, 0.2) is 58.2 Å². The van der Waals surface area contributed by atoms with Crippen molar-refractivity contribution in [2.45, 2.75) is 11.8 Å². The summed E-state index contributed by atoms with van der Waals surface area (Å²) >= 11 is 6.41. The summed E-state index contributed by atoms with van der Waals surface area (Å²) in [5, 5.41) is 3.29. The van der Waals surface area contributed by atoms with E-state index < -0.39 is 10.0 Å². The number of anilines is 2. The van der Waals surface area contributed by atoms with Crippen molar-refractivity contribution in [2.24, 2.45) is 7.05 Å². The zero-order valence-corrected chi connectivity index (χ0v) is 18.8. The molecule has 1 N–H and O–H groups in total. The molecule has 0 atom stereocenters. The number of halogens is 1. The molecule has 0 unspecified atom stereocenters. The van der Waals surface area contributed by atoms with Crippen molar-refractivity contribution in [2.75, 3.05) is 31.6 Å². The number of ether oxygens (including phenoxy) is 1. The lowest BCUT2D eigenvalue weighted by molar-refractivity contribution is 0.0730. The molecule has 0 saturated carbocycles. The first-order chi connectivity index (χ1) is 14.8. The quantitative estimate of drug-likeness (QED) is 0.630. The van der Waals surface area contributed by atoms with Crippen LogP contribution in [0.1, 0.15) is 5.69 Å². The Morgan fingerprint density at radius 1 is 1.06 bits per heavy atom. The fourth-order valence-corrected chi connectivity index (χ4v) is 5.27. The number of aromatic nitrogens is 2. The highest BCUT2D eigenvalue weighted by Gasteiger charge is 2.27. The van der Waals surface area contributed by atoms with Gasteiger partial charge in [0.15, 0.2) is 0 Å². The van der Waals surface area contributed by atoms with Gasteiger partial charge in [-0.2, -0.15) is 4.31 Å². The fourth-order valence-electron chi connectivity index (χ4n) is 3.54. The average Bonchev–Trinajstić information content (AvgIpc) is 2.99. The highest BCUT2D eigenvalue weighted by molar-refractivity contribution is 7.89. The molecule has 8 nitrogen and oxygen atoms in total. The Bertz CT molecular complexity index is 1260. The highest BCUT2D eigenvalue weighted by Crippen LogP contribution is 2.30. The zero-order valence-electron chi connectivity index (χ0n) is 17.2. The predicted octanol–water partition coefficient (Wildman–Crippen LogP) is 2.90. The second-order valence-corrected chi connectivity index (χ2v) is 9.56. The van der Waals surface area contributed by atoms with Gasteiger partial charge in [0.25, 0.3) is 5.56 Å². The Balaban J connectivity index is 1.66. The van der Waals surface area contributed by atoms with Crippen molar-refractivity contribution >= 4 is 33.0 Å². The number of benzene rings is 2. The molecule has 0 amide bonds. The van der Waals surface area contributed by atoms with Crippen molar-refractivity contribution < 1.29 is 13.2 Å². The SMILES string of the molecule is Cc1c(Nc2ccc(S(=O)(=O)N3CCOCC3)cc2Cl)c(=O)n(-c2ccccc2)n1C. The Kier molecular flexibility index (Phi) is 5.94. The standard InChI is InChI=1S/C21H23ClN4O4S/c1-15-20(21(27)26(24(15)2)16-6-4-3-5-7-16)23-19-9-8-17(14-18(19)22)31(28,29)25-10-12-30-13-11-25/h3-9,14,23H,10-13H2,1-2H3. The zero-order chi connectivity index (χ0) is 22.2. The van der Waals surface area contributed by atoms with Crippen molar-refractivity contribution in [3.8, 4) is 5.69 Å². The van der Waals surface area contributed by atoms with E-state index in [1.54, 1.807) is 22.5 Å². The summed E-state index contributed by atoms with van der Waals surface area (Å²) in [6.45, 7) is 3.18. The van der Waals surface area contributed by atoms with Gasteiger partial charge in [0.1, 0.15) is 5.69 Å². The Hall–Kier alpha value is -2.59. The van der Waals surface area contributed by atoms with Gasteiger partial charge in [-0.1, -0.05) is 29.8 Å². The van der Waals surface area contributed by atoms with Crippen LogP contribution in [-0.2, 0) is 21.8 Å². The third kappa shape index (κ3) is 4.01. The molecule has 1 fully saturated rings. The first kappa shape index (κ1) is 21.6. The van der Waals surface area contributed by atoms with Crippen LogP contribution < -0.4 is 10.9 Å². The molecular weight excluding hydrogens is 440 g/mol. The normalized spacial score (nSPS) is 15.2. The predicted molar refractivity (Wildman–Crippen MR) is 120 cm³/mol. The van der Waals surface area contributed by atoms with Gasteiger partial charge in [-0.3, -0.25) is 9.48 Å². The summed E-state index contributed by atoms with van der Waals surface area (Å²) in [5.74, 6) is 0. The van der Waals surface area contributed by atoms with E-state index in [4.69, 9.17) is 16.3 Å². The van der Waals surface area contributed by atoms with Crippen molar-refractivity contribution in [3.63, 3.8) is 0 Å². The van der Waals surface area contributed by atoms with Gasteiger partial charge in [-0.15, -0.1) is 0 Å². The molecule has 0 radical (unpaired) electrons. The summed E-state index contributed by atoms with van der Waals surface area (Å²) < 4.78 is 35.6. The van der Waals surface area contributed by atoms with E-state index in [1.165, 1.54) is 16.4 Å². The largest absolute Gasteiger partial charge is 0.379 e. The van der Waals surface area contributed by atoms with Crippen molar-refractivity contribution in [3.05, 3.63) is 69.6 Å². The third-order valence-electron chi connectivity index (χ3n) is 5.36. The number of nitrogens with one attached hydrogen (secondary N) is 1. The Morgan fingerprint density at radius 3 is 2.39 bits per heavy atom. The van der Waals surface area contributed by atoms with Crippen LogP contribution in [0.25, 0.3) is 5.69 Å². The average molecular weight is 463 g/mol. The number of rotatable bonds is 5. The molecule has 1 aliphatic rings. The number of morpholine rings is 1. The van der Waals surface area contributed by atoms with E-state index >= 15 is 0 Å². The molecule has 0 spiro atoms. The van der Waals surface area contributed by atoms with Crippen molar-refractivity contribution in [1.82, 2.24) is 13.7 Å². The number of hydrogen-bond acceptors (Lipinski definition) is 5. The lowest BCUT2D eigenvalue weighted by Gasteiger charge is -2.26. The molecule has 164 valence electrons. The van der Waals surface area contributed by atoms with Crippen LogP contribution in [0.4, 0.5) is 11.4 Å². The van der Waals surface area contributed by atoms with E-state index in [-0.39, 0.29) is 15.5 Å². The van der Waals surface area contributed by atoms with Crippen LogP contribution in [0.5, 0.6) is 0 Å². The van der Waals surface area contributed by atoms with Gasteiger partial charge >= 0.3 is 0 Å². The van der Waals surface area contributed by atoms with Gasteiger partial charge in [-0.05, 0) is 37.3 Å². The number of hydrogen-bond donors (Lipinski definition) is 1. The fraction of sp³-hybridized carbons (Fsp3) is 0.286. The maximum Gasteiger partial charge on any atom is 0.295 e. The minimum Gasteiger partial charge on any atom is -0.379 e. The van der Waals surface area contributed by atoms with Crippen LogP contribution in [0, 0.1) is 6.92 Å². The molecule has 0 aliphatic carbocycles. The van der Waals surface area contributed by atoms with Gasteiger partial charge in [0.2, 0.25) is 10.0 Å². The molecule has 1 aromatic heterocycles. The lowest BCUT2D eigenvalue weighted by Crippen LogP contribution is -2.40. The minimum absolute atomic E-state index is 0.108. The molecule has 10 heteroatoms. The lowest BCUT2D eigenvalue weighted by atomic mass is 10.3. The second-order valence-electron chi connectivity index (χ2n) is 7.22. The first-order valence-electron chi connectivity index (χ1n) is 9.79. The van der Waals surface area contributed by atoms with Gasteiger partial charge in [-0.25, -0.2) is 13.1 Å². The van der Waals surface area contributed by atoms with Crippen LogP contribution in [0.2, 0.25) is 5.02 Å². The van der Waals surface area contributed by atoms with E-state index in [1.807, 2.05) is 37.3 Å². The molecular formula is C21H23ClN4O4S. The van der Waals surface area contributed by atoms with Crippen LogP contribution >= 0.6 is 11.6 Å². The molecule has 0 bridgehead atoms. The molecule has 4 rings (SSSR count). The Morgan fingerprint density at radius 2 is 1.74 bits per heavy atom. The summed E-state index contributed by atoms with van der Waals surface area (Å²) in [6.07, 6.45) is 0. The number of nitrogens with zero attached hydrogens (tertiary/aromatic N) is 3. The Labute approximate surface area is 185 Å². The van der Waals surface area contributed by atoms with Crippen LogP contribution in [-0.4, -0.2) is 48.4 Å². The topological polar surface area (TPSA) is 85.6 Å². The van der Waals surface area contributed by atoms with E-state index in [0.717, 1.165) is 11.4 Å². The first-order valence-corrected chi connectivity index (χ1v) is 11.6. The maximum absolute atomic E-state index is 13.1. The molecule has 1 saturated heterocycles. The van der Waals surface area contributed by atoms with Gasteiger partial charge in [0.05, 0.1) is 40.2 Å². The second kappa shape index (κ2) is 8.51. The summed E-state index contributed by atoms with van der Waals surface area (Å²) in [4.78, 5) is 13.2. The molecule has 3 aromatic rings. The monoisotopic (exact) mass is 462 g/mol. The molecule has 2 aromatic carbocycles. The summed E-state index contributed by atoms with van der Waals surface area (Å²) in [6, 6.07) is 13.8. The smallest absolute Gasteiger partial charge is 0.295 e. The number of sulfonamides is 1. The van der Waals surface area contributed by atoms with Gasteiger partial charge < -0.3 is 10.1 Å². The van der Waals surface area contributed by atoms with E-state index in [2.05, 4.69) is 5.32 Å². The molecule has 1 aliphatic heterocycles. The van der Waals surface area contributed by atoms with E-state index in [0.29, 0.717) is 37.7 Å². The van der Waals surface area contributed by atoms with E-state index in [9.17, 15) is 13.2 Å². The molecule has 2 heterocycles. The summed E-state index contributed by atoms with van der Waals surface area (Å²) in [5.41, 5.74) is 2.05. The summed E-state index contributed by atoms with van der Waals surface area (Å²) in [7, 11) is -1.86. The third-order valence-corrected chi connectivity index (χ3v) is 7.57. The highest BCUT2D eigenvalue weighted by atomic mass is 35.5. The maximum atomic E-state index is 13.1. The minimum atomic E-state index is -3.66. The number of para-hydroxylation sites is 1.